The summed E-state index contributed by atoms with van der Waals surface area (Å²) in [6.07, 6.45) is 7.35. The molecule has 1 fully saturated rings. The lowest BCUT2D eigenvalue weighted by molar-refractivity contribution is -0.151. The molecule has 1 heterocycles. The summed E-state index contributed by atoms with van der Waals surface area (Å²) in [6, 6.07) is 0. The van der Waals surface area contributed by atoms with Gasteiger partial charge in [0.2, 0.25) is 0 Å². The smallest absolute Gasteiger partial charge is 0.306 e. The van der Waals surface area contributed by atoms with E-state index < -0.39 is 0 Å². The number of carbonyl (C=O) groups is 1. The fraction of sp³-hybridized carbons (Fsp3) is 0.923. The highest BCUT2D eigenvalue weighted by Crippen LogP contribution is 2.13. The average molecular weight is 227 g/mol. The number of esters is 1. The van der Waals surface area contributed by atoms with Crippen LogP contribution in [0.4, 0.5) is 0 Å². The van der Waals surface area contributed by atoms with Crippen LogP contribution in [0.15, 0.2) is 0 Å². The maximum absolute atomic E-state index is 11.5. The summed E-state index contributed by atoms with van der Waals surface area (Å²) in [6.45, 7) is 4.28. The van der Waals surface area contributed by atoms with Gasteiger partial charge in [0.25, 0.3) is 0 Å². The van der Waals surface area contributed by atoms with Crippen LogP contribution in [0.3, 0.4) is 0 Å². The second-order valence-electron chi connectivity index (χ2n) is 4.80. The standard InChI is InChI=1S/C13H25NO2/c1-3-4-5-6-7-13(15)16-12-8-10-14(2)11-9-12/h12H,3-11H2,1-2H3. The van der Waals surface area contributed by atoms with Gasteiger partial charge in [-0.3, -0.25) is 4.79 Å². The monoisotopic (exact) mass is 227 g/mol. The number of hydrogen-bond acceptors (Lipinski definition) is 3. The molecule has 1 aliphatic rings. The molecule has 94 valence electrons. The van der Waals surface area contributed by atoms with E-state index in [4.69, 9.17) is 4.74 Å². The Morgan fingerprint density at radius 3 is 2.56 bits per heavy atom. The van der Waals surface area contributed by atoms with Gasteiger partial charge in [-0.25, -0.2) is 0 Å². The molecule has 0 spiro atoms. The molecule has 0 unspecified atom stereocenters. The van der Waals surface area contributed by atoms with Crippen LogP contribution in [0.1, 0.15) is 51.9 Å². The van der Waals surface area contributed by atoms with Gasteiger partial charge < -0.3 is 9.64 Å². The van der Waals surface area contributed by atoms with Crippen molar-refractivity contribution in [2.45, 2.75) is 58.0 Å². The summed E-state index contributed by atoms with van der Waals surface area (Å²) >= 11 is 0. The van der Waals surface area contributed by atoms with E-state index in [0.717, 1.165) is 38.8 Å². The Hall–Kier alpha value is -0.570. The number of hydrogen-bond donors (Lipinski definition) is 0. The number of carbonyl (C=O) groups excluding carboxylic acids is 1. The van der Waals surface area contributed by atoms with E-state index in [2.05, 4.69) is 18.9 Å². The number of piperidine rings is 1. The summed E-state index contributed by atoms with van der Waals surface area (Å²) in [5, 5.41) is 0. The van der Waals surface area contributed by atoms with Gasteiger partial charge in [-0.05, 0) is 26.3 Å². The van der Waals surface area contributed by atoms with Crippen LogP contribution in [0.2, 0.25) is 0 Å². The first-order valence-corrected chi connectivity index (χ1v) is 6.60. The van der Waals surface area contributed by atoms with Crippen molar-refractivity contribution < 1.29 is 9.53 Å². The van der Waals surface area contributed by atoms with E-state index in [9.17, 15) is 4.79 Å². The number of likely N-dealkylation sites (tertiary alicyclic amines) is 1. The van der Waals surface area contributed by atoms with Crippen molar-refractivity contribution in [1.29, 1.82) is 0 Å². The first-order chi connectivity index (χ1) is 7.72. The largest absolute Gasteiger partial charge is 0.462 e. The van der Waals surface area contributed by atoms with Crippen LogP contribution >= 0.6 is 0 Å². The Morgan fingerprint density at radius 1 is 1.25 bits per heavy atom. The van der Waals surface area contributed by atoms with E-state index in [0.29, 0.717) is 6.42 Å². The number of nitrogens with zero attached hydrogens (tertiary/aromatic N) is 1. The summed E-state index contributed by atoms with van der Waals surface area (Å²) in [5.74, 6) is 0.00524. The highest BCUT2D eigenvalue weighted by atomic mass is 16.5. The van der Waals surface area contributed by atoms with Crippen molar-refractivity contribution in [2.24, 2.45) is 0 Å². The topological polar surface area (TPSA) is 29.5 Å². The molecule has 3 heteroatoms. The minimum absolute atomic E-state index is 0.00524. The van der Waals surface area contributed by atoms with Gasteiger partial charge in [0.05, 0.1) is 0 Å². The zero-order valence-electron chi connectivity index (χ0n) is 10.7. The molecule has 0 atom stereocenters. The zero-order chi connectivity index (χ0) is 11.8. The first kappa shape index (κ1) is 13.5. The first-order valence-electron chi connectivity index (χ1n) is 6.60. The predicted octanol–water partition coefficient (Wildman–Crippen LogP) is 2.59. The molecule has 0 saturated carbocycles. The molecule has 1 saturated heterocycles. The van der Waals surface area contributed by atoms with Crippen LogP contribution in [-0.2, 0) is 9.53 Å². The van der Waals surface area contributed by atoms with Crippen molar-refractivity contribution in [3.63, 3.8) is 0 Å². The van der Waals surface area contributed by atoms with E-state index >= 15 is 0 Å². The number of ether oxygens (including phenoxy) is 1. The molecule has 0 radical (unpaired) electrons. The Morgan fingerprint density at radius 2 is 1.94 bits per heavy atom. The van der Waals surface area contributed by atoms with Crippen LogP contribution in [0.5, 0.6) is 0 Å². The third-order valence-corrected chi connectivity index (χ3v) is 3.20. The molecule has 3 nitrogen and oxygen atoms in total. The molecular weight excluding hydrogens is 202 g/mol. The summed E-state index contributed by atoms with van der Waals surface area (Å²) in [4.78, 5) is 13.8. The van der Waals surface area contributed by atoms with Crippen LogP contribution < -0.4 is 0 Å². The minimum Gasteiger partial charge on any atom is -0.462 e. The van der Waals surface area contributed by atoms with Gasteiger partial charge in [0.15, 0.2) is 0 Å². The number of rotatable bonds is 6. The molecule has 0 N–H and O–H groups in total. The molecule has 0 aromatic rings. The molecular formula is C13H25NO2. The SMILES string of the molecule is CCCCCCC(=O)OC1CCN(C)CC1. The van der Waals surface area contributed by atoms with E-state index in [-0.39, 0.29) is 12.1 Å². The van der Waals surface area contributed by atoms with Crippen LogP contribution in [0.25, 0.3) is 0 Å². The van der Waals surface area contributed by atoms with E-state index in [1.807, 2.05) is 0 Å². The molecule has 0 aromatic heterocycles. The zero-order valence-corrected chi connectivity index (χ0v) is 10.7. The molecule has 0 bridgehead atoms. The quantitative estimate of drug-likeness (QED) is 0.516. The summed E-state index contributed by atoms with van der Waals surface area (Å²) in [7, 11) is 2.11. The van der Waals surface area contributed by atoms with Gasteiger partial charge in [0.1, 0.15) is 6.10 Å². The third-order valence-electron chi connectivity index (χ3n) is 3.20. The lowest BCUT2D eigenvalue weighted by atomic mass is 10.1. The summed E-state index contributed by atoms with van der Waals surface area (Å²) in [5.41, 5.74) is 0. The van der Waals surface area contributed by atoms with Gasteiger partial charge in [-0.1, -0.05) is 26.2 Å². The van der Waals surface area contributed by atoms with Gasteiger partial charge in [-0.2, -0.15) is 0 Å². The maximum Gasteiger partial charge on any atom is 0.306 e. The van der Waals surface area contributed by atoms with Crippen molar-refractivity contribution in [2.75, 3.05) is 20.1 Å². The molecule has 1 aliphatic heterocycles. The van der Waals surface area contributed by atoms with Gasteiger partial charge in [0, 0.05) is 19.5 Å². The van der Waals surface area contributed by atoms with Crippen molar-refractivity contribution in [3.8, 4) is 0 Å². The van der Waals surface area contributed by atoms with Gasteiger partial charge in [-0.15, -0.1) is 0 Å². The fourth-order valence-corrected chi connectivity index (χ4v) is 2.04. The second-order valence-corrected chi connectivity index (χ2v) is 4.80. The van der Waals surface area contributed by atoms with Crippen LogP contribution in [-0.4, -0.2) is 37.1 Å². The maximum atomic E-state index is 11.5. The Balaban J connectivity index is 2.05. The molecule has 0 aromatic carbocycles. The molecule has 1 rings (SSSR count). The normalized spacial score (nSPS) is 18.6. The summed E-state index contributed by atoms with van der Waals surface area (Å²) < 4.78 is 5.45. The Labute approximate surface area is 99.1 Å². The molecule has 16 heavy (non-hydrogen) atoms. The van der Waals surface area contributed by atoms with E-state index in [1.165, 1.54) is 12.8 Å². The van der Waals surface area contributed by atoms with Crippen molar-refractivity contribution >= 4 is 5.97 Å². The Bertz CT molecular complexity index is 198. The van der Waals surface area contributed by atoms with Crippen molar-refractivity contribution in [3.05, 3.63) is 0 Å². The average Bonchev–Trinajstić information content (AvgIpc) is 2.28. The van der Waals surface area contributed by atoms with Gasteiger partial charge >= 0.3 is 5.97 Å². The lowest BCUT2D eigenvalue weighted by Gasteiger charge is -2.28. The number of unbranched alkanes of at least 4 members (excludes halogenated alkanes) is 3. The molecule has 0 amide bonds. The predicted molar refractivity (Wildman–Crippen MR) is 65.4 cm³/mol. The minimum atomic E-state index is 0.00524. The van der Waals surface area contributed by atoms with Crippen LogP contribution in [0, 0.1) is 0 Å². The van der Waals surface area contributed by atoms with E-state index in [1.54, 1.807) is 0 Å². The fourth-order valence-electron chi connectivity index (χ4n) is 2.04. The third kappa shape index (κ3) is 5.50. The lowest BCUT2D eigenvalue weighted by Crippen LogP contribution is -2.35. The molecule has 0 aliphatic carbocycles. The Kier molecular flexibility index (Phi) is 6.46. The highest BCUT2D eigenvalue weighted by Gasteiger charge is 2.19. The van der Waals surface area contributed by atoms with Crippen molar-refractivity contribution in [1.82, 2.24) is 4.90 Å². The highest BCUT2D eigenvalue weighted by molar-refractivity contribution is 5.69. The second kappa shape index (κ2) is 7.66.